The van der Waals surface area contributed by atoms with Crippen molar-refractivity contribution in [3.8, 4) is 9.88 Å². The van der Waals surface area contributed by atoms with Crippen molar-refractivity contribution in [1.29, 1.82) is 0 Å². The highest BCUT2D eigenvalue weighted by molar-refractivity contribution is 7.99. The van der Waals surface area contributed by atoms with Crippen LogP contribution in [-0.4, -0.2) is 35.5 Å². The van der Waals surface area contributed by atoms with Crippen LogP contribution in [0.1, 0.15) is 10.5 Å². The first-order valence-corrected chi connectivity index (χ1v) is 10.9. The molecule has 0 saturated carbocycles. The second-order valence-electron chi connectivity index (χ2n) is 5.59. The summed E-state index contributed by atoms with van der Waals surface area (Å²) in [6.07, 6.45) is 0. The number of para-hydroxylation sites is 2. The van der Waals surface area contributed by atoms with Crippen LogP contribution in [0.15, 0.2) is 47.2 Å². The first-order valence-electron chi connectivity index (χ1n) is 8.04. The van der Waals surface area contributed by atoms with Crippen molar-refractivity contribution in [2.75, 3.05) is 34.8 Å². The lowest BCUT2D eigenvalue weighted by Gasteiger charge is -2.30. The van der Waals surface area contributed by atoms with Crippen molar-refractivity contribution < 1.29 is 4.79 Å². The molecule has 7 heteroatoms. The predicted molar refractivity (Wildman–Crippen MR) is 109 cm³/mol. The van der Waals surface area contributed by atoms with Gasteiger partial charge in [-0.05, 0) is 23.6 Å². The van der Waals surface area contributed by atoms with Gasteiger partial charge in [0.25, 0.3) is 5.91 Å². The van der Waals surface area contributed by atoms with E-state index in [1.807, 2.05) is 52.9 Å². The summed E-state index contributed by atoms with van der Waals surface area (Å²) < 4.78 is 0. The van der Waals surface area contributed by atoms with E-state index in [4.69, 9.17) is 0 Å². The molecule has 128 valence electrons. The third-order valence-electron chi connectivity index (χ3n) is 3.97. The van der Waals surface area contributed by atoms with Crippen LogP contribution in [0.2, 0.25) is 0 Å². The van der Waals surface area contributed by atoms with Gasteiger partial charge in [-0.25, -0.2) is 4.98 Å². The van der Waals surface area contributed by atoms with Gasteiger partial charge in [0.1, 0.15) is 10.7 Å². The first kappa shape index (κ1) is 16.6. The summed E-state index contributed by atoms with van der Waals surface area (Å²) in [5, 5.41) is 7.77. The highest BCUT2D eigenvalue weighted by Gasteiger charge is 2.18. The fourth-order valence-electron chi connectivity index (χ4n) is 2.74. The summed E-state index contributed by atoms with van der Waals surface area (Å²) in [5.74, 6) is 2.09. The summed E-state index contributed by atoms with van der Waals surface area (Å²) >= 11 is 5.11. The quantitative estimate of drug-likeness (QED) is 0.706. The van der Waals surface area contributed by atoms with Gasteiger partial charge in [0.15, 0.2) is 0 Å². The third-order valence-corrected chi connectivity index (χ3v) is 6.80. The molecule has 1 N–H and O–H groups in total. The van der Waals surface area contributed by atoms with Crippen molar-refractivity contribution in [1.82, 2.24) is 4.98 Å². The Morgan fingerprint density at radius 3 is 2.72 bits per heavy atom. The molecule has 1 aliphatic rings. The van der Waals surface area contributed by atoms with E-state index in [9.17, 15) is 4.79 Å². The van der Waals surface area contributed by atoms with Crippen LogP contribution in [0, 0.1) is 0 Å². The van der Waals surface area contributed by atoms with Crippen LogP contribution in [0.5, 0.6) is 0 Å². The van der Waals surface area contributed by atoms with Crippen LogP contribution >= 0.6 is 34.4 Å². The lowest BCUT2D eigenvalue weighted by atomic mass is 10.2. The molecule has 0 bridgehead atoms. The van der Waals surface area contributed by atoms with Gasteiger partial charge in [0, 0.05) is 30.0 Å². The third kappa shape index (κ3) is 3.73. The van der Waals surface area contributed by atoms with Gasteiger partial charge in [0.05, 0.1) is 16.3 Å². The zero-order chi connectivity index (χ0) is 17.1. The standard InChI is InChI=1S/C18H17N3OS3/c22-17(14-12-25-18(20-14)16-6-3-9-24-16)19-13-4-1-2-5-15(13)21-7-10-23-11-8-21/h1-6,9,12H,7-8,10-11H2,(H,19,22). The highest BCUT2D eigenvalue weighted by atomic mass is 32.2. The van der Waals surface area contributed by atoms with E-state index in [-0.39, 0.29) is 5.91 Å². The van der Waals surface area contributed by atoms with Gasteiger partial charge in [-0.1, -0.05) is 18.2 Å². The molecule has 0 unspecified atom stereocenters. The van der Waals surface area contributed by atoms with Gasteiger partial charge in [0.2, 0.25) is 0 Å². The van der Waals surface area contributed by atoms with E-state index < -0.39 is 0 Å². The maximum Gasteiger partial charge on any atom is 0.275 e. The number of rotatable bonds is 4. The number of hydrogen-bond donors (Lipinski definition) is 1. The van der Waals surface area contributed by atoms with Gasteiger partial charge in [-0.3, -0.25) is 4.79 Å². The number of carbonyl (C=O) groups excluding carboxylic acids is 1. The molecular weight excluding hydrogens is 370 g/mol. The zero-order valence-corrected chi connectivity index (χ0v) is 15.9. The summed E-state index contributed by atoms with van der Waals surface area (Å²) in [7, 11) is 0. The molecule has 1 aliphatic heterocycles. The first-order chi connectivity index (χ1) is 12.3. The molecule has 1 saturated heterocycles. The van der Waals surface area contributed by atoms with E-state index in [0.717, 1.165) is 45.9 Å². The minimum absolute atomic E-state index is 0.155. The monoisotopic (exact) mass is 387 g/mol. The lowest BCUT2D eigenvalue weighted by Crippen LogP contribution is -2.33. The van der Waals surface area contributed by atoms with E-state index in [0.29, 0.717) is 5.69 Å². The minimum Gasteiger partial charge on any atom is -0.368 e. The zero-order valence-electron chi connectivity index (χ0n) is 13.5. The number of thiazole rings is 1. The Balaban J connectivity index is 1.53. The Bertz CT molecular complexity index is 854. The smallest absolute Gasteiger partial charge is 0.275 e. The largest absolute Gasteiger partial charge is 0.368 e. The summed E-state index contributed by atoms with van der Waals surface area (Å²) in [5.41, 5.74) is 2.41. The minimum atomic E-state index is -0.155. The Kier molecular flexibility index (Phi) is 5.05. The SMILES string of the molecule is O=C(Nc1ccccc1N1CCSCC1)c1csc(-c2cccs2)n1. The molecule has 4 rings (SSSR count). The van der Waals surface area contributed by atoms with Gasteiger partial charge >= 0.3 is 0 Å². The van der Waals surface area contributed by atoms with Crippen LogP contribution in [-0.2, 0) is 0 Å². The Hall–Kier alpha value is -1.83. The summed E-state index contributed by atoms with van der Waals surface area (Å²) in [4.78, 5) is 20.6. The number of hydrogen-bond acceptors (Lipinski definition) is 6. The second-order valence-corrected chi connectivity index (χ2v) is 8.62. The van der Waals surface area contributed by atoms with Gasteiger partial charge in [-0.15, -0.1) is 22.7 Å². The van der Waals surface area contributed by atoms with E-state index in [2.05, 4.69) is 21.3 Å². The van der Waals surface area contributed by atoms with Gasteiger partial charge < -0.3 is 10.2 Å². The molecule has 3 aromatic rings. The fourth-order valence-corrected chi connectivity index (χ4v) is 5.25. The number of amides is 1. The van der Waals surface area contributed by atoms with Crippen LogP contribution < -0.4 is 10.2 Å². The van der Waals surface area contributed by atoms with E-state index in [1.165, 1.54) is 11.3 Å². The normalized spacial score (nSPS) is 14.5. The van der Waals surface area contributed by atoms with Crippen LogP contribution in [0.3, 0.4) is 0 Å². The van der Waals surface area contributed by atoms with E-state index in [1.54, 1.807) is 11.3 Å². The van der Waals surface area contributed by atoms with Crippen molar-refractivity contribution in [2.24, 2.45) is 0 Å². The van der Waals surface area contributed by atoms with Crippen LogP contribution in [0.4, 0.5) is 11.4 Å². The number of anilines is 2. The molecular formula is C18H17N3OS3. The summed E-state index contributed by atoms with van der Waals surface area (Å²) in [6, 6.07) is 12.0. The lowest BCUT2D eigenvalue weighted by molar-refractivity contribution is 0.102. The van der Waals surface area contributed by atoms with Crippen molar-refractivity contribution in [3.05, 3.63) is 52.9 Å². The number of thioether (sulfide) groups is 1. The number of carbonyl (C=O) groups is 1. The maximum atomic E-state index is 12.6. The fraction of sp³-hybridized carbons (Fsp3) is 0.222. The maximum absolute atomic E-state index is 12.6. The Morgan fingerprint density at radius 1 is 1.08 bits per heavy atom. The molecule has 1 aromatic carbocycles. The molecule has 2 aromatic heterocycles. The molecule has 0 atom stereocenters. The number of thiophene rings is 1. The molecule has 3 heterocycles. The molecule has 1 fully saturated rings. The van der Waals surface area contributed by atoms with E-state index >= 15 is 0 Å². The topological polar surface area (TPSA) is 45.2 Å². The molecule has 0 spiro atoms. The molecule has 0 radical (unpaired) electrons. The molecule has 4 nitrogen and oxygen atoms in total. The average Bonchev–Trinajstić information content (AvgIpc) is 3.34. The predicted octanol–water partition coefficient (Wildman–Crippen LogP) is 4.68. The number of nitrogens with one attached hydrogen (secondary N) is 1. The average molecular weight is 388 g/mol. The molecule has 25 heavy (non-hydrogen) atoms. The van der Waals surface area contributed by atoms with Gasteiger partial charge in [-0.2, -0.15) is 11.8 Å². The number of benzene rings is 1. The second kappa shape index (κ2) is 7.59. The Morgan fingerprint density at radius 2 is 1.92 bits per heavy atom. The van der Waals surface area contributed by atoms with Crippen molar-refractivity contribution in [3.63, 3.8) is 0 Å². The molecule has 0 aliphatic carbocycles. The highest BCUT2D eigenvalue weighted by Crippen LogP contribution is 2.30. The van der Waals surface area contributed by atoms with Crippen molar-refractivity contribution in [2.45, 2.75) is 0 Å². The van der Waals surface area contributed by atoms with Crippen molar-refractivity contribution >= 4 is 51.7 Å². The number of aromatic nitrogens is 1. The Labute approximate surface area is 158 Å². The summed E-state index contributed by atoms with van der Waals surface area (Å²) in [6.45, 7) is 2.02. The number of nitrogens with zero attached hydrogens (tertiary/aromatic N) is 2. The van der Waals surface area contributed by atoms with Crippen LogP contribution in [0.25, 0.3) is 9.88 Å². The molecule has 1 amide bonds.